The lowest BCUT2D eigenvalue weighted by molar-refractivity contribution is -0.139. The molecule has 1 aromatic rings. The molecule has 0 aromatic heterocycles. The first-order valence-corrected chi connectivity index (χ1v) is 7.26. The smallest absolute Gasteiger partial charge is 0.310 e. The maximum atomic E-state index is 11.6. The quantitative estimate of drug-likeness (QED) is 0.870. The first kappa shape index (κ1) is 13.4. The molecule has 0 spiro atoms. The number of hydrogen-bond donors (Lipinski definition) is 2. The molecule has 2 aliphatic carbocycles. The maximum absolute atomic E-state index is 11.6. The van der Waals surface area contributed by atoms with E-state index in [1.165, 1.54) is 0 Å². The van der Waals surface area contributed by atoms with Crippen LogP contribution in [0.1, 0.15) is 49.1 Å². The van der Waals surface area contributed by atoms with Gasteiger partial charge in [-0.05, 0) is 48.4 Å². The molecule has 0 bridgehead atoms. The molecule has 1 aromatic carbocycles. The fourth-order valence-corrected chi connectivity index (χ4v) is 3.97. The van der Waals surface area contributed by atoms with Gasteiger partial charge in [0.2, 0.25) is 0 Å². The molecule has 3 rings (SSSR count). The third kappa shape index (κ3) is 1.90. The van der Waals surface area contributed by atoms with Gasteiger partial charge in [0.15, 0.2) is 0 Å². The van der Waals surface area contributed by atoms with Gasteiger partial charge in [-0.1, -0.05) is 18.9 Å². The summed E-state index contributed by atoms with van der Waals surface area (Å²) in [7, 11) is 1.63. The minimum Gasteiger partial charge on any atom is -0.497 e. The number of hydrogen-bond acceptors (Lipinski definition) is 3. The highest BCUT2D eigenvalue weighted by molar-refractivity contribution is 5.77. The van der Waals surface area contributed by atoms with E-state index in [0.29, 0.717) is 6.42 Å². The fraction of sp³-hybridized carbons (Fsp3) is 0.562. The zero-order chi connectivity index (χ0) is 14.3. The van der Waals surface area contributed by atoms with Crippen molar-refractivity contribution in [3.8, 4) is 5.75 Å². The Kier molecular flexibility index (Phi) is 3.21. The van der Waals surface area contributed by atoms with Crippen molar-refractivity contribution in [2.24, 2.45) is 11.7 Å². The van der Waals surface area contributed by atoms with Crippen molar-refractivity contribution in [3.05, 3.63) is 29.3 Å². The molecule has 3 atom stereocenters. The van der Waals surface area contributed by atoms with Gasteiger partial charge in [-0.25, -0.2) is 0 Å². The Bertz CT molecular complexity index is 543. The Morgan fingerprint density at radius 3 is 2.95 bits per heavy atom. The van der Waals surface area contributed by atoms with Crippen LogP contribution in [0.15, 0.2) is 18.2 Å². The molecule has 2 aliphatic rings. The SMILES string of the molecule is COc1ccc2c(c1)[C@@]1(N)CCCC[C@H]1C[C@@H]2C(=O)O. The Labute approximate surface area is 118 Å². The van der Waals surface area contributed by atoms with Crippen LogP contribution < -0.4 is 10.5 Å². The van der Waals surface area contributed by atoms with E-state index >= 15 is 0 Å². The molecular weight excluding hydrogens is 254 g/mol. The molecule has 4 heteroatoms. The molecular formula is C16H21NO3. The maximum Gasteiger partial charge on any atom is 0.310 e. The minimum atomic E-state index is -0.746. The summed E-state index contributed by atoms with van der Waals surface area (Å²) in [6, 6.07) is 5.66. The molecule has 1 fully saturated rings. The molecule has 20 heavy (non-hydrogen) atoms. The van der Waals surface area contributed by atoms with Gasteiger partial charge >= 0.3 is 5.97 Å². The third-order valence-electron chi connectivity index (χ3n) is 5.08. The molecule has 0 radical (unpaired) electrons. The second-order valence-corrected chi connectivity index (χ2v) is 6.06. The Morgan fingerprint density at radius 2 is 2.25 bits per heavy atom. The van der Waals surface area contributed by atoms with E-state index in [-0.39, 0.29) is 11.5 Å². The molecule has 3 N–H and O–H groups in total. The van der Waals surface area contributed by atoms with Crippen molar-refractivity contribution in [3.63, 3.8) is 0 Å². The molecule has 0 unspecified atom stereocenters. The zero-order valence-corrected chi connectivity index (χ0v) is 11.8. The van der Waals surface area contributed by atoms with E-state index in [9.17, 15) is 9.90 Å². The van der Waals surface area contributed by atoms with Crippen LogP contribution in [0, 0.1) is 5.92 Å². The second-order valence-electron chi connectivity index (χ2n) is 6.06. The van der Waals surface area contributed by atoms with Gasteiger partial charge in [-0.15, -0.1) is 0 Å². The molecule has 0 saturated heterocycles. The van der Waals surface area contributed by atoms with Gasteiger partial charge in [0.05, 0.1) is 13.0 Å². The highest BCUT2D eigenvalue weighted by Crippen LogP contribution is 2.51. The van der Waals surface area contributed by atoms with Crippen molar-refractivity contribution in [1.82, 2.24) is 0 Å². The van der Waals surface area contributed by atoms with Crippen molar-refractivity contribution in [1.29, 1.82) is 0 Å². The van der Waals surface area contributed by atoms with Crippen LogP contribution in [-0.4, -0.2) is 18.2 Å². The number of fused-ring (bicyclic) bond motifs is 3. The van der Waals surface area contributed by atoms with E-state index in [0.717, 1.165) is 42.6 Å². The highest BCUT2D eigenvalue weighted by atomic mass is 16.5. The fourth-order valence-electron chi connectivity index (χ4n) is 3.97. The molecule has 4 nitrogen and oxygen atoms in total. The van der Waals surface area contributed by atoms with Crippen LogP contribution in [0.4, 0.5) is 0 Å². The van der Waals surface area contributed by atoms with E-state index in [4.69, 9.17) is 10.5 Å². The van der Waals surface area contributed by atoms with Gasteiger partial charge in [-0.2, -0.15) is 0 Å². The highest BCUT2D eigenvalue weighted by Gasteiger charge is 2.47. The van der Waals surface area contributed by atoms with E-state index < -0.39 is 11.9 Å². The van der Waals surface area contributed by atoms with Crippen LogP contribution in [0.2, 0.25) is 0 Å². The summed E-state index contributed by atoms with van der Waals surface area (Å²) in [4.78, 5) is 11.6. The average molecular weight is 275 g/mol. The predicted molar refractivity (Wildman–Crippen MR) is 75.8 cm³/mol. The summed E-state index contributed by atoms with van der Waals surface area (Å²) in [5.41, 5.74) is 8.19. The summed E-state index contributed by atoms with van der Waals surface area (Å²) in [6.07, 6.45) is 4.88. The largest absolute Gasteiger partial charge is 0.497 e. The number of rotatable bonds is 2. The molecule has 0 amide bonds. The van der Waals surface area contributed by atoms with Crippen LogP contribution in [0.5, 0.6) is 5.75 Å². The summed E-state index contributed by atoms with van der Waals surface area (Å²) in [6.45, 7) is 0. The van der Waals surface area contributed by atoms with Crippen LogP contribution in [0.3, 0.4) is 0 Å². The van der Waals surface area contributed by atoms with Crippen molar-refractivity contribution < 1.29 is 14.6 Å². The van der Waals surface area contributed by atoms with Gasteiger partial charge in [0, 0.05) is 5.54 Å². The molecule has 0 heterocycles. The lowest BCUT2D eigenvalue weighted by Crippen LogP contribution is -2.50. The normalized spacial score (nSPS) is 32.1. The summed E-state index contributed by atoms with van der Waals surface area (Å²) < 4.78 is 5.30. The summed E-state index contributed by atoms with van der Waals surface area (Å²) >= 11 is 0. The van der Waals surface area contributed by atoms with Crippen LogP contribution >= 0.6 is 0 Å². The minimum absolute atomic E-state index is 0.261. The number of nitrogens with two attached hydrogens (primary N) is 1. The Hall–Kier alpha value is -1.55. The first-order chi connectivity index (χ1) is 9.56. The van der Waals surface area contributed by atoms with Crippen molar-refractivity contribution in [2.45, 2.75) is 43.6 Å². The number of benzene rings is 1. The van der Waals surface area contributed by atoms with Crippen molar-refractivity contribution in [2.75, 3.05) is 7.11 Å². The number of carboxylic acid groups (broad SMARTS) is 1. The van der Waals surface area contributed by atoms with Gasteiger partial charge < -0.3 is 15.6 Å². The molecule has 1 saturated carbocycles. The average Bonchev–Trinajstić information content (AvgIpc) is 2.45. The number of methoxy groups -OCH3 is 1. The van der Waals surface area contributed by atoms with Crippen LogP contribution in [-0.2, 0) is 10.3 Å². The lowest BCUT2D eigenvalue weighted by atomic mass is 9.60. The number of carbonyl (C=O) groups is 1. The summed E-state index contributed by atoms with van der Waals surface area (Å²) in [5, 5.41) is 9.51. The van der Waals surface area contributed by atoms with Crippen molar-refractivity contribution >= 4 is 5.97 Å². The topological polar surface area (TPSA) is 72.5 Å². The van der Waals surface area contributed by atoms with E-state index in [2.05, 4.69) is 0 Å². The third-order valence-corrected chi connectivity index (χ3v) is 5.08. The molecule has 0 aliphatic heterocycles. The summed E-state index contributed by atoms with van der Waals surface area (Å²) in [5.74, 6) is -0.166. The number of carboxylic acids is 1. The van der Waals surface area contributed by atoms with Crippen LogP contribution in [0.25, 0.3) is 0 Å². The first-order valence-electron chi connectivity index (χ1n) is 7.26. The van der Waals surface area contributed by atoms with Gasteiger partial charge in [0.25, 0.3) is 0 Å². The standard InChI is InChI=1S/C16H21NO3/c1-20-11-5-6-12-13(15(18)19)8-10-4-2-3-7-16(10,17)14(12)9-11/h5-6,9-10,13H,2-4,7-8,17H2,1H3,(H,18,19)/t10-,13-,16+/m0/s1. The molecule has 108 valence electrons. The zero-order valence-electron chi connectivity index (χ0n) is 11.8. The number of aliphatic carboxylic acids is 1. The van der Waals surface area contributed by atoms with Gasteiger partial charge in [-0.3, -0.25) is 4.79 Å². The monoisotopic (exact) mass is 275 g/mol. The Morgan fingerprint density at radius 1 is 1.45 bits per heavy atom. The van der Waals surface area contributed by atoms with E-state index in [1.807, 2.05) is 18.2 Å². The Balaban J connectivity index is 2.15. The lowest BCUT2D eigenvalue weighted by Gasteiger charge is -2.47. The number of ether oxygens (including phenoxy) is 1. The van der Waals surface area contributed by atoms with Gasteiger partial charge in [0.1, 0.15) is 5.75 Å². The van der Waals surface area contributed by atoms with E-state index in [1.54, 1.807) is 7.11 Å². The predicted octanol–water partition coefficient (Wildman–Crippen LogP) is 2.61. The second kappa shape index (κ2) is 4.77.